The first-order valence-corrected chi connectivity index (χ1v) is 9.28. The first-order chi connectivity index (χ1) is 14.6. The van der Waals surface area contributed by atoms with Crippen LogP contribution in [0.4, 0.5) is 0 Å². The lowest BCUT2D eigenvalue weighted by Crippen LogP contribution is -2.34. The summed E-state index contributed by atoms with van der Waals surface area (Å²) in [5.74, 6) is -2.59. The number of carboxylic acids is 2. The second-order valence-electron chi connectivity index (χ2n) is 6.78. The van der Waals surface area contributed by atoms with Gasteiger partial charge in [0.1, 0.15) is 5.69 Å². The van der Waals surface area contributed by atoms with Gasteiger partial charge < -0.3 is 10.2 Å². The predicted octanol–water partition coefficient (Wildman–Crippen LogP) is 4.19. The molecule has 0 unspecified atom stereocenters. The average Bonchev–Trinajstić information content (AvgIpc) is 3.23. The van der Waals surface area contributed by atoms with Crippen LogP contribution in [0.5, 0.6) is 0 Å². The lowest BCUT2D eigenvalue weighted by atomic mass is 9.64. The Hall–Kier alpha value is -4.19. The number of nitrogens with zero attached hydrogens (tertiary/aromatic N) is 1. The van der Waals surface area contributed by atoms with Gasteiger partial charge in [0.15, 0.2) is 5.69 Å². The molecule has 0 atom stereocenters. The van der Waals surface area contributed by atoms with Crippen molar-refractivity contribution < 1.29 is 19.8 Å². The van der Waals surface area contributed by atoms with Crippen molar-refractivity contribution in [3.63, 3.8) is 0 Å². The van der Waals surface area contributed by atoms with Crippen molar-refractivity contribution in [2.24, 2.45) is 0 Å². The van der Waals surface area contributed by atoms with Gasteiger partial charge in [-0.2, -0.15) is 5.10 Å². The Morgan fingerprint density at radius 2 is 1.07 bits per heavy atom. The molecule has 0 aliphatic carbocycles. The topological polar surface area (TPSA) is 103 Å². The zero-order valence-electron chi connectivity index (χ0n) is 15.8. The van der Waals surface area contributed by atoms with Gasteiger partial charge >= 0.3 is 11.9 Å². The van der Waals surface area contributed by atoms with E-state index in [2.05, 4.69) is 10.2 Å². The lowest BCUT2D eigenvalue weighted by molar-refractivity contribution is 0.0683. The van der Waals surface area contributed by atoms with Gasteiger partial charge in [-0.3, -0.25) is 5.10 Å². The number of aromatic amines is 1. The Morgan fingerprint density at radius 1 is 0.667 bits per heavy atom. The number of hydrogen-bond acceptors (Lipinski definition) is 3. The second kappa shape index (κ2) is 7.67. The third-order valence-corrected chi connectivity index (χ3v) is 5.18. The maximum absolute atomic E-state index is 12.1. The van der Waals surface area contributed by atoms with Gasteiger partial charge in [-0.1, -0.05) is 91.0 Å². The van der Waals surface area contributed by atoms with Crippen LogP contribution in [0.3, 0.4) is 0 Å². The van der Waals surface area contributed by atoms with Gasteiger partial charge in [-0.05, 0) is 16.7 Å². The monoisotopic (exact) mass is 398 g/mol. The number of hydrogen-bond donors (Lipinski definition) is 3. The fourth-order valence-corrected chi connectivity index (χ4v) is 4.01. The predicted molar refractivity (Wildman–Crippen MR) is 111 cm³/mol. The highest BCUT2D eigenvalue weighted by Gasteiger charge is 2.45. The first-order valence-electron chi connectivity index (χ1n) is 9.28. The van der Waals surface area contributed by atoms with E-state index in [4.69, 9.17) is 0 Å². The summed E-state index contributed by atoms with van der Waals surface area (Å²) in [7, 11) is 0. The molecule has 30 heavy (non-hydrogen) atoms. The van der Waals surface area contributed by atoms with Crippen molar-refractivity contribution >= 4 is 11.9 Å². The van der Waals surface area contributed by atoms with Crippen LogP contribution in [0.1, 0.15) is 43.2 Å². The lowest BCUT2D eigenvalue weighted by Gasteiger charge is -2.36. The summed E-state index contributed by atoms with van der Waals surface area (Å²) in [6.07, 6.45) is 0. The highest BCUT2D eigenvalue weighted by molar-refractivity contribution is 5.96. The molecule has 4 rings (SSSR count). The number of rotatable bonds is 6. The molecular weight excluding hydrogens is 380 g/mol. The second-order valence-corrected chi connectivity index (χ2v) is 6.78. The zero-order valence-corrected chi connectivity index (χ0v) is 15.8. The molecule has 3 N–H and O–H groups in total. The number of carboxylic acid groups (broad SMARTS) is 2. The van der Waals surface area contributed by atoms with Crippen LogP contribution in [0.2, 0.25) is 0 Å². The summed E-state index contributed by atoms with van der Waals surface area (Å²) in [6.45, 7) is 0. The molecule has 6 nitrogen and oxygen atoms in total. The molecule has 6 heteroatoms. The molecule has 0 spiro atoms. The van der Waals surface area contributed by atoms with Crippen LogP contribution in [0.25, 0.3) is 0 Å². The fourth-order valence-electron chi connectivity index (χ4n) is 4.01. The van der Waals surface area contributed by atoms with Gasteiger partial charge in [-0.15, -0.1) is 0 Å². The van der Waals surface area contributed by atoms with Crippen LogP contribution in [0, 0.1) is 0 Å². The molecule has 0 bridgehead atoms. The molecule has 4 aromatic rings. The molecule has 0 radical (unpaired) electrons. The van der Waals surface area contributed by atoms with Crippen molar-refractivity contribution in [1.29, 1.82) is 0 Å². The average molecular weight is 398 g/mol. The molecule has 0 aliphatic heterocycles. The summed E-state index contributed by atoms with van der Waals surface area (Å²) >= 11 is 0. The van der Waals surface area contributed by atoms with Crippen LogP contribution < -0.4 is 0 Å². The van der Waals surface area contributed by atoms with Crippen molar-refractivity contribution in [3.05, 3.63) is 125 Å². The minimum absolute atomic E-state index is 0.0890. The van der Waals surface area contributed by atoms with E-state index >= 15 is 0 Å². The summed E-state index contributed by atoms with van der Waals surface area (Å²) in [6, 6.07) is 27.8. The largest absolute Gasteiger partial charge is 0.477 e. The Morgan fingerprint density at radius 3 is 1.40 bits per heavy atom. The number of carbonyl (C=O) groups is 2. The fraction of sp³-hybridized carbons (Fsp3) is 0.0417. The number of H-pyrrole nitrogens is 1. The number of benzene rings is 3. The molecule has 0 fully saturated rings. The van der Waals surface area contributed by atoms with Crippen LogP contribution in [-0.2, 0) is 5.41 Å². The molecule has 1 aromatic heterocycles. The normalized spacial score (nSPS) is 11.2. The molecular formula is C24H18N2O4. The van der Waals surface area contributed by atoms with Crippen LogP contribution in [0.15, 0.2) is 91.0 Å². The summed E-state index contributed by atoms with van der Waals surface area (Å²) in [5, 5.41) is 26.1. The van der Waals surface area contributed by atoms with E-state index in [9.17, 15) is 19.8 Å². The van der Waals surface area contributed by atoms with Crippen molar-refractivity contribution in [3.8, 4) is 0 Å². The highest BCUT2D eigenvalue weighted by Crippen LogP contribution is 2.47. The Bertz CT molecular complexity index is 1060. The Balaban J connectivity index is 2.25. The standard InChI is InChI=1S/C24H18N2O4/c27-22(28)20-19(21(23(29)30)26-25-20)24(16-10-4-1-5-11-16,17-12-6-2-7-13-17)18-14-8-3-9-15-18/h1-15H,(H,25,26)(H,27,28)(H,29,30). The smallest absolute Gasteiger partial charge is 0.356 e. The van der Waals surface area contributed by atoms with E-state index in [1.807, 2.05) is 91.0 Å². The van der Waals surface area contributed by atoms with Crippen molar-refractivity contribution in [2.75, 3.05) is 0 Å². The maximum atomic E-state index is 12.1. The minimum Gasteiger partial charge on any atom is -0.477 e. The zero-order chi connectivity index (χ0) is 21.1. The van der Waals surface area contributed by atoms with E-state index < -0.39 is 17.4 Å². The molecule has 0 aliphatic rings. The van der Waals surface area contributed by atoms with Gasteiger partial charge in [-0.25, -0.2) is 9.59 Å². The highest BCUT2D eigenvalue weighted by atomic mass is 16.4. The number of aromatic nitrogens is 2. The van der Waals surface area contributed by atoms with Gasteiger partial charge in [0.25, 0.3) is 0 Å². The van der Waals surface area contributed by atoms with Crippen LogP contribution >= 0.6 is 0 Å². The Kier molecular flexibility index (Phi) is 4.90. The van der Waals surface area contributed by atoms with E-state index in [1.165, 1.54) is 0 Å². The molecule has 3 aromatic carbocycles. The van der Waals surface area contributed by atoms with Crippen LogP contribution in [-0.4, -0.2) is 32.3 Å². The summed E-state index contributed by atoms with van der Waals surface area (Å²) in [5.41, 5.74) is 0.480. The van der Waals surface area contributed by atoms with E-state index in [-0.39, 0.29) is 17.0 Å². The van der Waals surface area contributed by atoms with E-state index in [1.54, 1.807) is 0 Å². The molecule has 148 valence electrons. The summed E-state index contributed by atoms with van der Waals surface area (Å²) < 4.78 is 0. The van der Waals surface area contributed by atoms with Gasteiger partial charge in [0.05, 0.1) is 5.41 Å². The van der Waals surface area contributed by atoms with E-state index in [0.717, 1.165) is 16.7 Å². The van der Waals surface area contributed by atoms with Crippen molar-refractivity contribution in [1.82, 2.24) is 10.2 Å². The quantitative estimate of drug-likeness (QED) is 0.423. The SMILES string of the molecule is O=C(O)c1n[nH]c(C(=O)O)c1C(c1ccccc1)(c1ccccc1)c1ccccc1. The molecule has 0 saturated carbocycles. The van der Waals surface area contributed by atoms with E-state index in [0.29, 0.717) is 0 Å². The molecule has 1 heterocycles. The van der Waals surface area contributed by atoms with Gasteiger partial charge in [0, 0.05) is 5.56 Å². The number of aromatic carboxylic acids is 2. The van der Waals surface area contributed by atoms with Crippen molar-refractivity contribution in [2.45, 2.75) is 5.41 Å². The summed E-state index contributed by atoms with van der Waals surface area (Å²) in [4.78, 5) is 24.3. The first kappa shape index (κ1) is 19.1. The molecule has 0 amide bonds. The minimum atomic E-state index is -1.30. The number of nitrogens with one attached hydrogen (secondary N) is 1. The van der Waals surface area contributed by atoms with Gasteiger partial charge in [0.2, 0.25) is 0 Å². The Labute approximate surface area is 172 Å². The third-order valence-electron chi connectivity index (χ3n) is 5.18. The third kappa shape index (κ3) is 2.95. The molecule has 0 saturated heterocycles. The maximum Gasteiger partial charge on any atom is 0.356 e.